The number of hydrogen-bond donors (Lipinski definition) is 0. The van der Waals surface area contributed by atoms with E-state index in [2.05, 4.69) is 4.18 Å². The fraction of sp³-hybridized carbons (Fsp3) is 0.250. The number of rotatable bonds is 3. The third-order valence-electron chi connectivity index (χ3n) is 2.63. The molecule has 0 amide bonds. The number of fused-ring (bicyclic) bond motifs is 1. The van der Waals surface area contributed by atoms with E-state index >= 15 is 0 Å². The van der Waals surface area contributed by atoms with Gasteiger partial charge in [-0.25, -0.2) is 4.79 Å². The van der Waals surface area contributed by atoms with Gasteiger partial charge in [-0.1, -0.05) is 0 Å². The zero-order chi connectivity index (χ0) is 14.0. The Morgan fingerprint density at radius 2 is 2.05 bits per heavy atom. The highest BCUT2D eigenvalue weighted by atomic mass is 32.2. The number of hydrogen-bond acceptors (Lipinski definition) is 5. The number of aromatic nitrogens is 1. The van der Waals surface area contributed by atoms with E-state index in [0.29, 0.717) is 10.9 Å². The van der Waals surface area contributed by atoms with E-state index in [4.69, 9.17) is 4.74 Å². The van der Waals surface area contributed by atoms with E-state index in [1.165, 1.54) is 29.0 Å². The minimum absolute atomic E-state index is 0.0455. The molecule has 2 rings (SSSR count). The van der Waals surface area contributed by atoms with E-state index in [9.17, 15) is 13.2 Å². The van der Waals surface area contributed by atoms with E-state index in [0.717, 1.165) is 7.11 Å². The first-order valence-electron chi connectivity index (χ1n) is 5.58. The van der Waals surface area contributed by atoms with Crippen LogP contribution < -0.4 is 0 Å². The van der Waals surface area contributed by atoms with Gasteiger partial charge in [0.2, 0.25) is 0 Å². The van der Waals surface area contributed by atoms with Gasteiger partial charge >= 0.3 is 6.09 Å². The molecule has 7 heteroatoms. The fourth-order valence-electron chi connectivity index (χ4n) is 1.72. The lowest BCUT2D eigenvalue weighted by Crippen LogP contribution is -2.12. The van der Waals surface area contributed by atoms with Crippen molar-refractivity contribution in [2.24, 2.45) is 0 Å². The fourth-order valence-corrected chi connectivity index (χ4v) is 2.42. The Bertz CT molecular complexity index is 717. The van der Waals surface area contributed by atoms with Crippen LogP contribution in [0.5, 0.6) is 0 Å². The molecule has 0 spiro atoms. The summed E-state index contributed by atoms with van der Waals surface area (Å²) >= 11 is 0. The average Bonchev–Trinajstić information content (AvgIpc) is 2.81. The molecule has 0 aliphatic carbocycles. The average molecular weight is 283 g/mol. The summed E-state index contributed by atoms with van der Waals surface area (Å²) in [5, 5.41) is 0.617. The van der Waals surface area contributed by atoms with Crippen LogP contribution in [0, 0.1) is 0 Å². The molecule has 0 fully saturated rings. The summed E-state index contributed by atoms with van der Waals surface area (Å²) in [6.07, 6.45) is 1.03. The minimum atomic E-state index is -3.74. The molecule has 102 valence electrons. The van der Waals surface area contributed by atoms with Crippen LogP contribution in [0.25, 0.3) is 10.9 Å². The van der Waals surface area contributed by atoms with E-state index in [1.807, 2.05) is 0 Å². The van der Waals surface area contributed by atoms with Crippen molar-refractivity contribution >= 4 is 27.1 Å². The van der Waals surface area contributed by atoms with Crippen LogP contribution in [0.2, 0.25) is 0 Å². The summed E-state index contributed by atoms with van der Waals surface area (Å²) in [6, 6.07) is 6.01. The maximum Gasteiger partial charge on any atom is 0.418 e. The lowest BCUT2D eigenvalue weighted by atomic mass is 10.2. The molecular formula is C12H13NO5S. The standard InChI is InChI=1S/C12H13NO5S/c1-3-18-12(14)13-7-6-9-8-10(4-5-11(9)13)19(15,16)17-2/h4-8H,3H2,1-2H3. The van der Waals surface area contributed by atoms with Crippen LogP contribution in [0.4, 0.5) is 4.79 Å². The van der Waals surface area contributed by atoms with Crippen molar-refractivity contribution in [2.45, 2.75) is 11.8 Å². The summed E-state index contributed by atoms with van der Waals surface area (Å²) in [4.78, 5) is 11.7. The van der Waals surface area contributed by atoms with Crippen LogP contribution in [-0.2, 0) is 19.0 Å². The minimum Gasteiger partial charge on any atom is -0.449 e. The lowest BCUT2D eigenvalue weighted by Gasteiger charge is -2.05. The van der Waals surface area contributed by atoms with Gasteiger partial charge in [-0.3, -0.25) is 8.75 Å². The lowest BCUT2D eigenvalue weighted by molar-refractivity contribution is 0.155. The maximum absolute atomic E-state index is 11.7. The number of carbonyl (C=O) groups excluding carboxylic acids is 1. The largest absolute Gasteiger partial charge is 0.449 e. The number of nitrogens with zero attached hydrogens (tertiary/aromatic N) is 1. The Hall–Kier alpha value is -1.86. The maximum atomic E-state index is 11.7. The molecule has 0 bridgehead atoms. The summed E-state index contributed by atoms with van der Waals surface area (Å²) in [7, 11) is -2.64. The number of benzene rings is 1. The Labute approximate surface area is 110 Å². The van der Waals surface area contributed by atoms with Crippen molar-refractivity contribution in [1.82, 2.24) is 4.57 Å². The van der Waals surface area contributed by atoms with Gasteiger partial charge in [0.05, 0.1) is 24.1 Å². The molecule has 1 aromatic carbocycles. The van der Waals surface area contributed by atoms with Crippen LogP contribution in [0.3, 0.4) is 0 Å². The Balaban J connectivity index is 2.51. The van der Waals surface area contributed by atoms with Crippen molar-refractivity contribution in [3.63, 3.8) is 0 Å². The van der Waals surface area contributed by atoms with Crippen molar-refractivity contribution in [3.8, 4) is 0 Å². The molecule has 0 aliphatic heterocycles. The SMILES string of the molecule is CCOC(=O)n1ccc2cc(S(=O)(=O)OC)ccc21. The number of ether oxygens (including phenoxy) is 1. The highest BCUT2D eigenvalue weighted by molar-refractivity contribution is 7.86. The van der Waals surface area contributed by atoms with Gasteiger partial charge in [-0.05, 0) is 31.2 Å². The van der Waals surface area contributed by atoms with Gasteiger partial charge in [0.15, 0.2) is 0 Å². The summed E-state index contributed by atoms with van der Waals surface area (Å²) in [5.74, 6) is 0. The van der Waals surface area contributed by atoms with Crippen LogP contribution >= 0.6 is 0 Å². The van der Waals surface area contributed by atoms with Crippen LogP contribution in [0.1, 0.15) is 6.92 Å². The summed E-state index contributed by atoms with van der Waals surface area (Å²) in [6.45, 7) is 1.99. The molecular weight excluding hydrogens is 270 g/mol. The third-order valence-corrected chi connectivity index (χ3v) is 3.90. The second kappa shape index (κ2) is 5.02. The van der Waals surface area contributed by atoms with E-state index in [-0.39, 0.29) is 11.5 Å². The molecule has 0 aliphatic rings. The Morgan fingerprint density at radius 1 is 1.32 bits per heavy atom. The van der Waals surface area contributed by atoms with Gasteiger partial charge in [0.25, 0.3) is 10.1 Å². The predicted octanol–water partition coefficient (Wildman–Crippen LogP) is 1.98. The summed E-state index contributed by atoms with van der Waals surface area (Å²) < 4.78 is 33.8. The van der Waals surface area contributed by atoms with Crippen molar-refractivity contribution in [3.05, 3.63) is 30.5 Å². The summed E-state index contributed by atoms with van der Waals surface area (Å²) in [5.41, 5.74) is 0.577. The molecule has 19 heavy (non-hydrogen) atoms. The Kier molecular flexibility index (Phi) is 3.59. The second-order valence-corrected chi connectivity index (χ2v) is 5.44. The highest BCUT2D eigenvalue weighted by Crippen LogP contribution is 2.21. The van der Waals surface area contributed by atoms with Gasteiger partial charge < -0.3 is 4.74 Å². The van der Waals surface area contributed by atoms with Crippen LogP contribution in [0.15, 0.2) is 35.4 Å². The molecule has 2 aromatic rings. The molecule has 0 atom stereocenters. The first-order valence-corrected chi connectivity index (χ1v) is 6.99. The van der Waals surface area contributed by atoms with Crippen molar-refractivity contribution in [2.75, 3.05) is 13.7 Å². The zero-order valence-corrected chi connectivity index (χ0v) is 11.3. The Morgan fingerprint density at radius 3 is 2.68 bits per heavy atom. The monoisotopic (exact) mass is 283 g/mol. The van der Waals surface area contributed by atoms with Gasteiger partial charge in [0.1, 0.15) is 0 Å². The molecule has 0 N–H and O–H groups in total. The highest BCUT2D eigenvalue weighted by Gasteiger charge is 2.16. The van der Waals surface area contributed by atoms with Gasteiger partial charge in [-0.2, -0.15) is 8.42 Å². The van der Waals surface area contributed by atoms with Crippen LogP contribution in [-0.4, -0.2) is 32.8 Å². The molecule has 0 saturated heterocycles. The van der Waals surface area contributed by atoms with Gasteiger partial charge in [0, 0.05) is 11.6 Å². The van der Waals surface area contributed by atoms with Crippen molar-refractivity contribution in [1.29, 1.82) is 0 Å². The molecule has 0 radical (unpaired) electrons. The number of carbonyl (C=O) groups is 1. The predicted molar refractivity (Wildman–Crippen MR) is 68.6 cm³/mol. The molecule has 1 aromatic heterocycles. The molecule has 1 heterocycles. The topological polar surface area (TPSA) is 74.6 Å². The van der Waals surface area contributed by atoms with E-state index in [1.54, 1.807) is 13.0 Å². The second-order valence-electron chi connectivity index (χ2n) is 3.73. The normalized spacial score (nSPS) is 11.7. The van der Waals surface area contributed by atoms with Gasteiger partial charge in [-0.15, -0.1) is 0 Å². The third kappa shape index (κ3) is 2.47. The smallest absolute Gasteiger partial charge is 0.418 e. The van der Waals surface area contributed by atoms with E-state index < -0.39 is 16.2 Å². The first-order chi connectivity index (χ1) is 8.99. The molecule has 0 unspecified atom stereocenters. The van der Waals surface area contributed by atoms with Crippen molar-refractivity contribution < 1.29 is 22.1 Å². The zero-order valence-electron chi connectivity index (χ0n) is 10.5. The quantitative estimate of drug-likeness (QED) is 0.805. The first kappa shape index (κ1) is 13.6. The molecule has 0 saturated carbocycles. The molecule has 6 nitrogen and oxygen atoms in total.